The number of nitrogens with zero attached hydrogens (tertiary/aromatic N) is 2. The number of aryl methyl sites for hydroxylation is 1. The van der Waals surface area contributed by atoms with E-state index >= 15 is 0 Å². The van der Waals surface area contributed by atoms with Crippen molar-refractivity contribution in [1.82, 2.24) is 4.90 Å². The average Bonchev–Trinajstić information content (AvgIpc) is 2.41. The molecule has 114 valence electrons. The van der Waals surface area contributed by atoms with E-state index in [0.29, 0.717) is 24.2 Å². The Bertz CT molecular complexity index is 584. The predicted molar refractivity (Wildman–Crippen MR) is 80.1 cm³/mol. The van der Waals surface area contributed by atoms with Crippen LogP contribution in [0.3, 0.4) is 0 Å². The number of benzene rings is 1. The van der Waals surface area contributed by atoms with Gasteiger partial charge in [-0.1, -0.05) is 19.9 Å². The van der Waals surface area contributed by atoms with Gasteiger partial charge in [-0.25, -0.2) is 0 Å². The van der Waals surface area contributed by atoms with Gasteiger partial charge < -0.3 is 10.6 Å². The van der Waals surface area contributed by atoms with Crippen molar-refractivity contribution < 1.29 is 9.72 Å². The SMILES string of the molecule is Cc1ccc(C(=O)N2CCC(N)C(C)(C)C2)cc1[N+](=O)[O-]. The zero-order chi connectivity index (χ0) is 15.8. The van der Waals surface area contributed by atoms with Gasteiger partial charge in [-0.05, 0) is 24.8 Å². The summed E-state index contributed by atoms with van der Waals surface area (Å²) in [6.45, 7) is 6.89. The maximum Gasteiger partial charge on any atom is 0.273 e. The second kappa shape index (κ2) is 5.44. The first kappa shape index (κ1) is 15.4. The van der Waals surface area contributed by atoms with E-state index in [1.165, 1.54) is 6.07 Å². The van der Waals surface area contributed by atoms with Crippen LogP contribution in [0, 0.1) is 22.5 Å². The molecule has 6 nitrogen and oxygen atoms in total. The fourth-order valence-corrected chi connectivity index (χ4v) is 2.67. The number of nitro benzene ring substituents is 1. The highest BCUT2D eigenvalue weighted by Crippen LogP contribution is 2.29. The van der Waals surface area contributed by atoms with Crippen molar-refractivity contribution in [2.75, 3.05) is 13.1 Å². The first-order valence-corrected chi connectivity index (χ1v) is 7.02. The number of rotatable bonds is 2. The van der Waals surface area contributed by atoms with E-state index in [2.05, 4.69) is 0 Å². The smallest absolute Gasteiger partial charge is 0.273 e. The van der Waals surface area contributed by atoms with Gasteiger partial charge in [0.05, 0.1) is 4.92 Å². The van der Waals surface area contributed by atoms with Crippen LogP contribution in [0.1, 0.15) is 36.2 Å². The second-order valence-corrected chi connectivity index (χ2v) is 6.37. The highest BCUT2D eigenvalue weighted by Gasteiger charge is 2.35. The van der Waals surface area contributed by atoms with Crippen molar-refractivity contribution in [1.29, 1.82) is 0 Å². The van der Waals surface area contributed by atoms with Crippen molar-refractivity contribution in [3.05, 3.63) is 39.4 Å². The Morgan fingerprint density at radius 1 is 1.48 bits per heavy atom. The molecular weight excluding hydrogens is 270 g/mol. The van der Waals surface area contributed by atoms with Gasteiger partial charge in [-0.2, -0.15) is 0 Å². The van der Waals surface area contributed by atoms with Crippen molar-refractivity contribution in [3.8, 4) is 0 Å². The summed E-state index contributed by atoms with van der Waals surface area (Å²) in [6.07, 6.45) is 0.743. The summed E-state index contributed by atoms with van der Waals surface area (Å²) >= 11 is 0. The van der Waals surface area contributed by atoms with Crippen molar-refractivity contribution in [3.63, 3.8) is 0 Å². The van der Waals surface area contributed by atoms with Crippen molar-refractivity contribution >= 4 is 11.6 Å². The number of hydrogen-bond acceptors (Lipinski definition) is 4. The molecule has 1 aromatic carbocycles. The molecule has 0 radical (unpaired) electrons. The lowest BCUT2D eigenvalue weighted by atomic mass is 9.79. The monoisotopic (exact) mass is 291 g/mol. The second-order valence-electron chi connectivity index (χ2n) is 6.37. The maximum atomic E-state index is 12.5. The Morgan fingerprint density at radius 2 is 2.14 bits per heavy atom. The number of likely N-dealkylation sites (tertiary alicyclic amines) is 1. The van der Waals surface area contributed by atoms with Crippen LogP contribution in [0.5, 0.6) is 0 Å². The summed E-state index contributed by atoms with van der Waals surface area (Å²) in [6, 6.07) is 4.69. The summed E-state index contributed by atoms with van der Waals surface area (Å²) in [5, 5.41) is 11.0. The first-order chi connectivity index (χ1) is 9.72. The van der Waals surface area contributed by atoms with Gasteiger partial charge >= 0.3 is 0 Å². The van der Waals surface area contributed by atoms with Crippen LogP contribution < -0.4 is 5.73 Å². The minimum absolute atomic E-state index is 0.0196. The van der Waals surface area contributed by atoms with E-state index in [9.17, 15) is 14.9 Å². The van der Waals surface area contributed by atoms with E-state index in [0.717, 1.165) is 6.42 Å². The van der Waals surface area contributed by atoms with Gasteiger partial charge in [0.15, 0.2) is 0 Å². The minimum atomic E-state index is -0.456. The molecule has 0 aromatic heterocycles. The molecule has 1 unspecified atom stereocenters. The van der Waals surface area contributed by atoms with Crippen LogP contribution in [0.25, 0.3) is 0 Å². The van der Waals surface area contributed by atoms with Gasteiger partial charge in [0.2, 0.25) is 0 Å². The fraction of sp³-hybridized carbons (Fsp3) is 0.533. The molecule has 2 rings (SSSR count). The number of amides is 1. The van der Waals surface area contributed by atoms with E-state index < -0.39 is 4.92 Å². The Kier molecular flexibility index (Phi) is 4.00. The molecule has 0 saturated carbocycles. The van der Waals surface area contributed by atoms with Gasteiger partial charge in [-0.3, -0.25) is 14.9 Å². The molecule has 0 aliphatic carbocycles. The van der Waals surface area contributed by atoms with Crippen LogP contribution >= 0.6 is 0 Å². The Morgan fingerprint density at radius 3 is 2.71 bits per heavy atom. The lowest BCUT2D eigenvalue weighted by Gasteiger charge is -2.42. The lowest BCUT2D eigenvalue weighted by Crippen LogP contribution is -2.54. The van der Waals surface area contributed by atoms with Gasteiger partial charge in [0.1, 0.15) is 0 Å². The predicted octanol–water partition coefficient (Wildman–Crippen LogP) is 2.10. The molecule has 1 aromatic rings. The third kappa shape index (κ3) is 3.05. The highest BCUT2D eigenvalue weighted by atomic mass is 16.6. The molecule has 1 amide bonds. The van der Waals surface area contributed by atoms with Gasteiger partial charge in [0, 0.05) is 36.3 Å². The van der Waals surface area contributed by atoms with Crippen LogP contribution in [0.15, 0.2) is 18.2 Å². The number of hydrogen-bond donors (Lipinski definition) is 1. The van der Waals surface area contributed by atoms with Crippen LogP contribution in [-0.4, -0.2) is 34.9 Å². The number of carbonyl (C=O) groups is 1. The quantitative estimate of drug-likeness (QED) is 0.667. The Labute approximate surface area is 124 Å². The molecule has 1 aliphatic rings. The Balaban J connectivity index is 2.25. The Hall–Kier alpha value is -1.95. The standard InChI is InChI=1S/C15H21N3O3/c1-10-4-5-11(8-12(10)18(20)21)14(19)17-7-6-13(16)15(2,3)9-17/h4-5,8,13H,6-7,9,16H2,1-3H3. The van der Waals surface area contributed by atoms with Crippen LogP contribution in [-0.2, 0) is 0 Å². The zero-order valence-electron chi connectivity index (χ0n) is 12.6. The van der Waals surface area contributed by atoms with Crippen molar-refractivity contribution in [2.24, 2.45) is 11.1 Å². The summed E-state index contributed by atoms with van der Waals surface area (Å²) < 4.78 is 0. The minimum Gasteiger partial charge on any atom is -0.338 e. The lowest BCUT2D eigenvalue weighted by molar-refractivity contribution is -0.385. The molecule has 2 N–H and O–H groups in total. The first-order valence-electron chi connectivity index (χ1n) is 7.02. The molecule has 21 heavy (non-hydrogen) atoms. The molecule has 1 heterocycles. The van der Waals surface area contributed by atoms with E-state index in [1.54, 1.807) is 24.0 Å². The van der Waals surface area contributed by atoms with E-state index in [4.69, 9.17) is 5.73 Å². The number of carbonyl (C=O) groups excluding carboxylic acids is 1. The molecule has 1 aliphatic heterocycles. The molecule has 1 fully saturated rings. The van der Waals surface area contributed by atoms with Gasteiger partial charge in [-0.15, -0.1) is 0 Å². The molecule has 0 bridgehead atoms. The van der Waals surface area contributed by atoms with Crippen LogP contribution in [0.2, 0.25) is 0 Å². The molecular formula is C15H21N3O3. The van der Waals surface area contributed by atoms with Gasteiger partial charge in [0.25, 0.3) is 11.6 Å². The van der Waals surface area contributed by atoms with Crippen LogP contribution in [0.4, 0.5) is 5.69 Å². The fourth-order valence-electron chi connectivity index (χ4n) is 2.67. The average molecular weight is 291 g/mol. The summed E-state index contributed by atoms with van der Waals surface area (Å²) in [4.78, 5) is 24.8. The van der Waals surface area contributed by atoms with E-state index in [-0.39, 0.29) is 23.1 Å². The number of nitrogens with two attached hydrogens (primary N) is 1. The molecule has 1 saturated heterocycles. The third-order valence-corrected chi connectivity index (χ3v) is 4.25. The normalized spacial score (nSPS) is 21.1. The summed E-state index contributed by atoms with van der Waals surface area (Å²) in [5.41, 5.74) is 6.82. The summed E-state index contributed by atoms with van der Waals surface area (Å²) in [5.74, 6) is -0.168. The topological polar surface area (TPSA) is 89.5 Å². The van der Waals surface area contributed by atoms with E-state index in [1.807, 2.05) is 13.8 Å². The number of nitro groups is 1. The zero-order valence-corrected chi connectivity index (χ0v) is 12.6. The summed E-state index contributed by atoms with van der Waals surface area (Å²) in [7, 11) is 0. The molecule has 1 atom stereocenters. The number of piperidine rings is 1. The highest BCUT2D eigenvalue weighted by molar-refractivity contribution is 5.95. The maximum absolute atomic E-state index is 12.5. The largest absolute Gasteiger partial charge is 0.338 e. The van der Waals surface area contributed by atoms with Crippen molar-refractivity contribution in [2.45, 2.75) is 33.2 Å². The third-order valence-electron chi connectivity index (χ3n) is 4.25. The molecule has 6 heteroatoms. The molecule has 0 spiro atoms.